The van der Waals surface area contributed by atoms with Crippen molar-refractivity contribution in [3.05, 3.63) is 23.9 Å². The minimum absolute atomic E-state index is 0.0554. The molecule has 0 aromatic carbocycles. The number of hydrogen-bond acceptors (Lipinski definition) is 3. The summed E-state index contributed by atoms with van der Waals surface area (Å²) in [5.74, 6) is 0.168. The van der Waals surface area contributed by atoms with Gasteiger partial charge in [0.05, 0.1) is 13.0 Å². The van der Waals surface area contributed by atoms with Gasteiger partial charge in [-0.3, -0.25) is 4.79 Å². The number of pyridine rings is 1. The van der Waals surface area contributed by atoms with Gasteiger partial charge in [0.25, 0.3) is 0 Å². The third-order valence-electron chi connectivity index (χ3n) is 1.34. The second kappa shape index (κ2) is 4.07. The maximum absolute atomic E-state index is 11.0. The highest BCUT2D eigenvalue weighted by Crippen LogP contribution is 2.07. The number of ketones is 1. The van der Waals surface area contributed by atoms with Gasteiger partial charge in [-0.25, -0.2) is 4.98 Å². The van der Waals surface area contributed by atoms with Crippen LogP contribution in [0.2, 0.25) is 0 Å². The van der Waals surface area contributed by atoms with Gasteiger partial charge in [-0.2, -0.15) is 0 Å². The van der Waals surface area contributed by atoms with Crippen molar-refractivity contribution < 1.29 is 9.53 Å². The molecule has 0 aliphatic rings. The molecule has 1 aromatic rings. The molecular formula is C8H8ClNO2. The summed E-state index contributed by atoms with van der Waals surface area (Å²) >= 11 is 5.35. The lowest BCUT2D eigenvalue weighted by molar-refractivity contribution is 0.101. The van der Waals surface area contributed by atoms with E-state index in [2.05, 4.69) is 4.98 Å². The van der Waals surface area contributed by atoms with Crippen molar-refractivity contribution >= 4 is 17.4 Å². The zero-order valence-electron chi connectivity index (χ0n) is 6.58. The van der Waals surface area contributed by atoms with Gasteiger partial charge in [-0.05, 0) is 6.07 Å². The van der Waals surface area contributed by atoms with E-state index in [4.69, 9.17) is 16.3 Å². The number of Topliss-reactive ketones (excluding diaryl/α,β-unsaturated/α-hetero) is 1. The van der Waals surface area contributed by atoms with Crippen LogP contribution in [0.1, 0.15) is 10.5 Å². The second-order valence-electron chi connectivity index (χ2n) is 2.12. The average molecular weight is 186 g/mol. The van der Waals surface area contributed by atoms with E-state index in [1.165, 1.54) is 7.11 Å². The SMILES string of the molecule is COc1cccc(C(=O)CCl)n1. The van der Waals surface area contributed by atoms with E-state index in [-0.39, 0.29) is 11.7 Å². The zero-order valence-corrected chi connectivity index (χ0v) is 7.34. The van der Waals surface area contributed by atoms with Gasteiger partial charge in [-0.15, -0.1) is 11.6 Å². The maximum atomic E-state index is 11.0. The van der Waals surface area contributed by atoms with Gasteiger partial charge in [0, 0.05) is 6.07 Å². The minimum Gasteiger partial charge on any atom is -0.481 e. The van der Waals surface area contributed by atoms with Crippen LogP contribution in [0.4, 0.5) is 0 Å². The van der Waals surface area contributed by atoms with Gasteiger partial charge in [-0.1, -0.05) is 6.07 Å². The molecule has 0 N–H and O–H groups in total. The summed E-state index contributed by atoms with van der Waals surface area (Å²) < 4.78 is 4.84. The topological polar surface area (TPSA) is 39.2 Å². The first-order valence-corrected chi connectivity index (χ1v) is 3.91. The Bertz CT molecular complexity index is 288. The van der Waals surface area contributed by atoms with E-state index < -0.39 is 0 Å². The van der Waals surface area contributed by atoms with Crippen molar-refractivity contribution in [3.63, 3.8) is 0 Å². The summed E-state index contributed by atoms with van der Waals surface area (Å²) in [5, 5.41) is 0. The van der Waals surface area contributed by atoms with E-state index in [0.717, 1.165) is 0 Å². The minimum atomic E-state index is -0.199. The predicted molar refractivity (Wildman–Crippen MR) is 45.8 cm³/mol. The molecule has 0 aliphatic heterocycles. The van der Waals surface area contributed by atoms with Crippen molar-refractivity contribution in [1.29, 1.82) is 0 Å². The molecule has 1 rings (SSSR count). The van der Waals surface area contributed by atoms with Crippen LogP contribution in [0.3, 0.4) is 0 Å². The highest BCUT2D eigenvalue weighted by molar-refractivity contribution is 6.30. The third-order valence-corrected chi connectivity index (χ3v) is 1.58. The molecule has 0 bridgehead atoms. The van der Waals surface area contributed by atoms with Crippen LogP contribution in [0.5, 0.6) is 5.88 Å². The number of rotatable bonds is 3. The maximum Gasteiger partial charge on any atom is 0.213 e. The van der Waals surface area contributed by atoms with Gasteiger partial charge < -0.3 is 4.74 Å². The monoisotopic (exact) mass is 185 g/mol. The van der Waals surface area contributed by atoms with Crippen molar-refractivity contribution in [2.24, 2.45) is 0 Å². The van der Waals surface area contributed by atoms with E-state index in [1.807, 2.05) is 0 Å². The number of methoxy groups -OCH3 is 1. The fourth-order valence-electron chi connectivity index (χ4n) is 0.752. The number of carbonyl (C=O) groups excluding carboxylic acids is 1. The molecule has 0 saturated carbocycles. The van der Waals surface area contributed by atoms with Gasteiger partial charge in [0.15, 0.2) is 5.78 Å². The van der Waals surface area contributed by atoms with Crippen LogP contribution in [-0.2, 0) is 0 Å². The highest BCUT2D eigenvalue weighted by Gasteiger charge is 2.05. The van der Waals surface area contributed by atoms with Crippen molar-refractivity contribution in [1.82, 2.24) is 4.98 Å². The molecule has 0 fully saturated rings. The quantitative estimate of drug-likeness (QED) is 0.529. The van der Waals surface area contributed by atoms with Crippen LogP contribution >= 0.6 is 11.6 Å². The largest absolute Gasteiger partial charge is 0.481 e. The zero-order chi connectivity index (χ0) is 8.97. The van der Waals surface area contributed by atoms with Crippen LogP contribution in [0.15, 0.2) is 18.2 Å². The number of hydrogen-bond donors (Lipinski definition) is 0. The summed E-state index contributed by atoms with van der Waals surface area (Å²) in [4.78, 5) is 14.9. The van der Waals surface area contributed by atoms with E-state index in [1.54, 1.807) is 18.2 Å². The van der Waals surface area contributed by atoms with Crippen LogP contribution < -0.4 is 4.74 Å². The molecule has 0 atom stereocenters. The Hall–Kier alpha value is -1.09. The Balaban J connectivity index is 2.93. The van der Waals surface area contributed by atoms with Crippen molar-refractivity contribution in [3.8, 4) is 5.88 Å². The summed E-state index contributed by atoms with van der Waals surface area (Å²) in [5.41, 5.74) is 0.337. The van der Waals surface area contributed by atoms with Gasteiger partial charge in [0.2, 0.25) is 5.88 Å². The van der Waals surface area contributed by atoms with Gasteiger partial charge >= 0.3 is 0 Å². The Morgan fingerprint density at radius 1 is 1.67 bits per heavy atom. The van der Waals surface area contributed by atoms with E-state index in [0.29, 0.717) is 11.6 Å². The van der Waals surface area contributed by atoms with Crippen LogP contribution in [0, 0.1) is 0 Å². The molecule has 1 heterocycles. The molecule has 0 amide bonds. The Morgan fingerprint density at radius 2 is 2.42 bits per heavy atom. The highest BCUT2D eigenvalue weighted by atomic mass is 35.5. The number of aromatic nitrogens is 1. The molecule has 3 nitrogen and oxygen atoms in total. The van der Waals surface area contributed by atoms with Crippen LogP contribution in [0.25, 0.3) is 0 Å². The molecule has 0 aliphatic carbocycles. The lowest BCUT2D eigenvalue weighted by atomic mass is 10.3. The second-order valence-corrected chi connectivity index (χ2v) is 2.39. The molecule has 64 valence electrons. The number of alkyl halides is 1. The Morgan fingerprint density at radius 3 is 3.00 bits per heavy atom. The molecule has 12 heavy (non-hydrogen) atoms. The van der Waals surface area contributed by atoms with Crippen LogP contribution in [-0.4, -0.2) is 23.8 Å². The Labute approximate surface area is 75.3 Å². The number of ether oxygens (including phenoxy) is 1. The normalized spacial score (nSPS) is 9.50. The smallest absolute Gasteiger partial charge is 0.213 e. The summed E-state index contributed by atoms with van der Waals surface area (Å²) in [6.07, 6.45) is 0. The van der Waals surface area contributed by atoms with E-state index in [9.17, 15) is 4.79 Å². The molecule has 1 aromatic heterocycles. The fourth-order valence-corrected chi connectivity index (χ4v) is 0.889. The molecule has 0 saturated heterocycles. The van der Waals surface area contributed by atoms with Crippen molar-refractivity contribution in [2.45, 2.75) is 0 Å². The standard InChI is InChI=1S/C8H8ClNO2/c1-12-8-4-2-3-6(10-8)7(11)5-9/h2-4H,5H2,1H3. The lowest BCUT2D eigenvalue weighted by Crippen LogP contribution is -2.03. The number of nitrogens with zero attached hydrogens (tertiary/aromatic N) is 1. The number of carbonyl (C=O) groups is 1. The first-order chi connectivity index (χ1) is 5.77. The molecule has 0 spiro atoms. The van der Waals surface area contributed by atoms with E-state index >= 15 is 0 Å². The first-order valence-electron chi connectivity index (χ1n) is 3.38. The Kier molecular flexibility index (Phi) is 3.05. The van der Waals surface area contributed by atoms with Crippen molar-refractivity contribution in [2.75, 3.05) is 13.0 Å². The summed E-state index contributed by atoms with van der Waals surface area (Å²) in [7, 11) is 1.50. The molecule has 4 heteroatoms. The predicted octanol–water partition coefficient (Wildman–Crippen LogP) is 1.51. The third kappa shape index (κ3) is 1.95. The first kappa shape index (κ1) is 9.00. The summed E-state index contributed by atoms with van der Waals surface area (Å²) in [6.45, 7) is 0. The lowest BCUT2D eigenvalue weighted by Gasteiger charge is -1.99. The average Bonchev–Trinajstić information content (AvgIpc) is 2.17. The molecular weight excluding hydrogens is 178 g/mol. The fraction of sp³-hybridized carbons (Fsp3) is 0.250. The molecule has 0 unspecified atom stereocenters. The summed E-state index contributed by atoms with van der Waals surface area (Å²) in [6, 6.07) is 4.98. The van der Waals surface area contributed by atoms with Gasteiger partial charge in [0.1, 0.15) is 5.69 Å². The number of halogens is 1. The molecule has 0 radical (unpaired) electrons.